The highest BCUT2D eigenvalue weighted by Crippen LogP contribution is 2.35. The summed E-state index contributed by atoms with van der Waals surface area (Å²) in [6, 6.07) is 12.5. The van der Waals surface area contributed by atoms with Gasteiger partial charge in [0.05, 0.1) is 17.1 Å². The minimum atomic E-state index is 0.806. The number of fused-ring (bicyclic) bond motifs is 1. The van der Waals surface area contributed by atoms with Crippen LogP contribution in [0.5, 0.6) is 0 Å². The Morgan fingerprint density at radius 3 is 2.50 bits per heavy atom. The molecule has 3 aromatic rings. The van der Waals surface area contributed by atoms with E-state index >= 15 is 0 Å². The molecule has 1 heterocycles. The molecule has 3 rings (SSSR count). The molecule has 0 fully saturated rings. The van der Waals surface area contributed by atoms with Gasteiger partial charge >= 0.3 is 0 Å². The van der Waals surface area contributed by atoms with Crippen LogP contribution in [0.25, 0.3) is 10.9 Å². The van der Waals surface area contributed by atoms with Crippen molar-refractivity contribution in [3.05, 3.63) is 53.7 Å². The van der Waals surface area contributed by atoms with Gasteiger partial charge in [-0.15, -0.1) is 0 Å². The van der Waals surface area contributed by atoms with Crippen molar-refractivity contribution in [2.75, 3.05) is 17.7 Å². The second-order valence-corrected chi connectivity index (χ2v) is 5.27. The lowest BCUT2D eigenvalue weighted by atomic mass is 10.1. The molecule has 0 spiro atoms. The van der Waals surface area contributed by atoms with Crippen LogP contribution in [0.4, 0.5) is 17.1 Å². The van der Waals surface area contributed by atoms with Crippen molar-refractivity contribution in [2.24, 2.45) is 0 Å². The summed E-state index contributed by atoms with van der Waals surface area (Å²) in [5, 5.41) is 1.20. The molecule has 0 amide bonds. The number of nitrogens with zero attached hydrogens (tertiary/aromatic N) is 1. The molecule has 2 aromatic carbocycles. The summed E-state index contributed by atoms with van der Waals surface area (Å²) < 4.78 is 0. The smallest absolute Gasteiger partial charge is 0.0666 e. The Morgan fingerprint density at radius 1 is 1.00 bits per heavy atom. The first-order valence-electron chi connectivity index (χ1n) is 6.74. The monoisotopic (exact) mass is 265 g/mol. The average Bonchev–Trinajstić information content (AvgIpc) is 2.86. The Bertz CT molecular complexity index is 771. The largest absolute Gasteiger partial charge is 0.397 e. The molecule has 0 bridgehead atoms. The van der Waals surface area contributed by atoms with E-state index in [1.54, 1.807) is 0 Å². The van der Waals surface area contributed by atoms with Gasteiger partial charge in [0.15, 0.2) is 0 Å². The Labute approximate surface area is 119 Å². The van der Waals surface area contributed by atoms with Gasteiger partial charge in [0.25, 0.3) is 0 Å². The van der Waals surface area contributed by atoms with E-state index in [0.29, 0.717) is 0 Å². The van der Waals surface area contributed by atoms with E-state index in [4.69, 9.17) is 5.73 Å². The van der Waals surface area contributed by atoms with Crippen molar-refractivity contribution in [1.29, 1.82) is 0 Å². The van der Waals surface area contributed by atoms with Gasteiger partial charge in [-0.3, -0.25) is 0 Å². The third kappa shape index (κ3) is 1.92. The lowest BCUT2D eigenvalue weighted by Crippen LogP contribution is -2.11. The third-order valence-corrected chi connectivity index (χ3v) is 3.93. The molecule has 1 aromatic heterocycles. The first-order chi connectivity index (χ1) is 9.58. The molecule has 0 aliphatic carbocycles. The molecule has 20 heavy (non-hydrogen) atoms. The third-order valence-electron chi connectivity index (χ3n) is 3.93. The number of aryl methyl sites for hydroxylation is 2. The normalized spacial score (nSPS) is 10.9. The molecule has 0 aliphatic rings. The number of hydrogen-bond acceptors (Lipinski definition) is 2. The van der Waals surface area contributed by atoms with Crippen LogP contribution in [0.2, 0.25) is 0 Å². The predicted molar refractivity (Wildman–Crippen MR) is 86.7 cm³/mol. The topological polar surface area (TPSA) is 45.0 Å². The van der Waals surface area contributed by atoms with Gasteiger partial charge in [-0.1, -0.05) is 18.2 Å². The summed E-state index contributed by atoms with van der Waals surface area (Å²) >= 11 is 0. The molecule has 3 nitrogen and oxygen atoms in total. The molecule has 3 heteroatoms. The fraction of sp³-hybridized carbons (Fsp3) is 0.176. The Balaban J connectivity index is 2.13. The van der Waals surface area contributed by atoms with Crippen molar-refractivity contribution in [2.45, 2.75) is 13.8 Å². The van der Waals surface area contributed by atoms with Crippen molar-refractivity contribution < 1.29 is 0 Å². The summed E-state index contributed by atoms with van der Waals surface area (Å²) in [7, 11) is 2.05. The van der Waals surface area contributed by atoms with E-state index in [1.807, 2.05) is 18.3 Å². The first kappa shape index (κ1) is 12.6. The highest BCUT2D eigenvalue weighted by Gasteiger charge is 2.13. The molecule has 0 atom stereocenters. The minimum Gasteiger partial charge on any atom is -0.397 e. The SMILES string of the molecule is Cc1cc(N)c(N(C)c2c[nH]c3ccccc23)cc1C. The maximum absolute atomic E-state index is 6.19. The van der Waals surface area contributed by atoms with Crippen molar-refractivity contribution in [3.8, 4) is 0 Å². The number of nitrogen functional groups attached to an aromatic ring is 1. The number of para-hydroxylation sites is 1. The molecule has 0 aliphatic heterocycles. The molecule has 0 saturated heterocycles. The second kappa shape index (κ2) is 4.60. The Hall–Kier alpha value is -2.42. The quantitative estimate of drug-likeness (QED) is 0.684. The second-order valence-electron chi connectivity index (χ2n) is 5.27. The average molecular weight is 265 g/mol. The molecule has 0 radical (unpaired) electrons. The van der Waals surface area contributed by atoms with E-state index in [9.17, 15) is 0 Å². The lowest BCUT2D eigenvalue weighted by Gasteiger charge is -2.21. The summed E-state index contributed by atoms with van der Waals surface area (Å²) in [4.78, 5) is 5.44. The van der Waals surface area contributed by atoms with E-state index in [0.717, 1.165) is 22.6 Å². The molecule has 102 valence electrons. The van der Waals surface area contributed by atoms with Gasteiger partial charge in [0.2, 0.25) is 0 Å². The number of benzene rings is 2. The van der Waals surface area contributed by atoms with E-state index in [1.165, 1.54) is 16.5 Å². The van der Waals surface area contributed by atoms with E-state index in [-0.39, 0.29) is 0 Å². The Morgan fingerprint density at radius 2 is 1.70 bits per heavy atom. The van der Waals surface area contributed by atoms with Gasteiger partial charge in [-0.25, -0.2) is 0 Å². The summed E-state index contributed by atoms with van der Waals surface area (Å²) in [6.07, 6.45) is 2.03. The van der Waals surface area contributed by atoms with Gasteiger partial charge in [-0.2, -0.15) is 0 Å². The van der Waals surface area contributed by atoms with Gasteiger partial charge in [-0.05, 0) is 43.2 Å². The van der Waals surface area contributed by atoms with Crippen LogP contribution in [0.1, 0.15) is 11.1 Å². The van der Waals surface area contributed by atoms with Crippen LogP contribution in [0.3, 0.4) is 0 Å². The molecule has 0 saturated carbocycles. The minimum absolute atomic E-state index is 0.806. The molecular weight excluding hydrogens is 246 g/mol. The highest BCUT2D eigenvalue weighted by molar-refractivity contribution is 5.95. The Kier molecular flexibility index (Phi) is 2.90. The van der Waals surface area contributed by atoms with Crippen LogP contribution in [-0.2, 0) is 0 Å². The number of nitrogens with one attached hydrogen (secondary N) is 1. The number of rotatable bonds is 2. The predicted octanol–water partition coefficient (Wildman–Crippen LogP) is 4.13. The van der Waals surface area contributed by atoms with Crippen molar-refractivity contribution >= 4 is 28.0 Å². The maximum Gasteiger partial charge on any atom is 0.0666 e. The number of aromatic amines is 1. The van der Waals surface area contributed by atoms with Gasteiger partial charge in [0, 0.05) is 24.1 Å². The zero-order chi connectivity index (χ0) is 14.3. The standard InChI is InChI=1S/C17H19N3/c1-11-8-14(18)16(9-12(11)2)20(3)17-10-19-15-7-5-4-6-13(15)17/h4-10,19H,18H2,1-3H3. The molecular formula is C17H19N3. The fourth-order valence-corrected chi connectivity index (χ4v) is 2.58. The first-order valence-corrected chi connectivity index (χ1v) is 6.74. The maximum atomic E-state index is 6.19. The van der Waals surface area contributed by atoms with Crippen molar-refractivity contribution in [1.82, 2.24) is 4.98 Å². The number of aromatic nitrogens is 1. The van der Waals surface area contributed by atoms with E-state index < -0.39 is 0 Å². The number of H-pyrrole nitrogens is 1. The summed E-state index contributed by atoms with van der Waals surface area (Å²) in [5.41, 5.74) is 12.8. The van der Waals surface area contributed by atoms with Gasteiger partial charge in [0.1, 0.15) is 0 Å². The zero-order valence-corrected chi connectivity index (χ0v) is 12.1. The molecule has 3 N–H and O–H groups in total. The van der Waals surface area contributed by atoms with E-state index in [2.05, 4.69) is 55.0 Å². The van der Waals surface area contributed by atoms with Crippen LogP contribution in [0.15, 0.2) is 42.6 Å². The van der Waals surface area contributed by atoms with Crippen LogP contribution in [0, 0.1) is 13.8 Å². The lowest BCUT2D eigenvalue weighted by molar-refractivity contribution is 1.20. The zero-order valence-electron chi connectivity index (χ0n) is 12.1. The summed E-state index contributed by atoms with van der Waals surface area (Å²) in [5.74, 6) is 0. The fourth-order valence-electron chi connectivity index (χ4n) is 2.58. The van der Waals surface area contributed by atoms with Crippen molar-refractivity contribution in [3.63, 3.8) is 0 Å². The summed E-state index contributed by atoms with van der Waals surface area (Å²) in [6.45, 7) is 4.20. The number of nitrogens with two attached hydrogens (primary N) is 1. The van der Waals surface area contributed by atoms with Crippen LogP contribution < -0.4 is 10.6 Å². The number of anilines is 3. The molecule has 0 unspecified atom stereocenters. The number of hydrogen-bond donors (Lipinski definition) is 2. The van der Waals surface area contributed by atoms with Gasteiger partial charge < -0.3 is 15.6 Å². The van der Waals surface area contributed by atoms with Crippen LogP contribution >= 0.6 is 0 Å². The highest BCUT2D eigenvalue weighted by atomic mass is 15.1. The van der Waals surface area contributed by atoms with Crippen LogP contribution in [-0.4, -0.2) is 12.0 Å².